The Morgan fingerprint density at radius 2 is 1.66 bits per heavy atom. The maximum atomic E-state index is 14.1. The van der Waals surface area contributed by atoms with Gasteiger partial charge >= 0.3 is 0 Å². The van der Waals surface area contributed by atoms with Crippen LogP contribution in [0.4, 0.5) is 14.5 Å². The van der Waals surface area contributed by atoms with Gasteiger partial charge in [0.1, 0.15) is 17.0 Å². The molecule has 1 N–H and O–H groups in total. The van der Waals surface area contributed by atoms with Gasteiger partial charge in [-0.05, 0) is 67.1 Å². The SMILES string of the molecule is CC1C[C@@H](F)CC[C@H]1c1nc(-c2ccc(F)cc2)sc1-c1ccc(N2CCN(S(=O)O)CC2)cc1. The first-order chi connectivity index (χ1) is 16.9. The zero-order valence-electron chi connectivity index (χ0n) is 19.6. The summed E-state index contributed by atoms with van der Waals surface area (Å²) in [7, 11) is 0. The lowest BCUT2D eigenvalue weighted by Crippen LogP contribution is -2.46. The molecule has 2 aliphatic rings. The Bertz CT molecular complexity index is 1180. The second-order valence-electron chi connectivity index (χ2n) is 9.43. The molecule has 5 rings (SSSR count). The molecule has 5 nitrogen and oxygen atoms in total. The van der Waals surface area contributed by atoms with Crippen LogP contribution in [0, 0.1) is 11.7 Å². The summed E-state index contributed by atoms with van der Waals surface area (Å²) in [6.07, 6.45) is 1.14. The zero-order chi connectivity index (χ0) is 24.5. The molecular formula is C26H29F2N3O2S2. The zero-order valence-corrected chi connectivity index (χ0v) is 21.2. The van der Waals surface area contributed by atoms with Crippen LogP contribution < -0.4 is 4.90 Å². The Kier molecular flexibility index (Phi) is 7.29. The minimum Gasteiger partial charge on any atom is -0.369 e. The van der Waals surface area contributed by atoms with Gasteiger partial charge in [-0.1, -0.05) is 19.1 Å². The number of thiazole rings is 1. The van der Waals surface area contributed by atoms with Crippen molar-refractivity contribution in [1.82, 2.24) is 9.29 Å². The maximum absolute atomic E-state index is 14.1. The van der Waals surface area contributed by atoms with Crippen LogP contribution >= 0.6 is 11.3 Å². The van der Waals surface area contributed by atoms with Crippen LogP contribution in [-0.2, 0) is 11.3 Å². The van der Waals surface area contributed by atoms with Gasteiger partial charge in [-0.2, -0.15) is 4.31 Å². The van der Waals surface area contributed by atoms with E-state index in [-0.39, 0.29) is 17.7 Å². The number of alkyl halides is 1. The van der Waals surface area contributed by atoms with Crippen LogP contribution in [-0.4, -0.2) is 50.4 Å². The minimum absolute atomic E-state index is 0.189. The highest BCUT2D eigenvalue weighted by Crippen LogP contribution is 2.46. The molecule has 0 bridgehead atoms. The first-order valence-corrected chi connectivity index (χ1v) is 13.9. The standard InChI is InChI=1S/C26H29F2N3O2S2/c1-17-16-21(28)8-11-23(17)24-25(34-26(29-24)19-2-6-20(27)7-3-19)18-4-9-22(10-5-18)30-12-14-31(15-13-30)35(32)33/h2-7,9-10,17,21,23H,8,11-16H2,1H3,(H,32,33)/t17?,21-,23+/m0/s1. The lowest BCUT2D eigenvalue weighted by Gasteiger charge is -2.34. The molecule has 1 aromatic heterocycles. The van der Waals surface area contributed by atoms with E-state index in [1.165, 1.54) is 12.1 Å². The number of piperazine rings is 1. The monoisotopic (exact) mass is 517 g/mol. The topological polar surface area (TPSA) is 56.7 Å². The Morgan fingerprint density at radius 3 is 2.29 bits per heavy atom. The highest BCUT2D eigenvalue weighted by molar-refractivity contribution is 7.76. The van der Waals surface area contributed by atoms with Crippen molar-refractivity contribution in [2.45, 2.75) is 38.3 Å². The molecule has 1 saturated heterocycles. The molecule has 9 heteroatoms. The van der Waals surface area contributed by atoms with Crippen molar-refractivity contribution in [2.75, 3.05) is 31.1 Å². The van der Waals surface area contributed by atoms with E-state index in [1.54, 1.807) is 27.8 Å². The van der Waals surface area contributed by atoms with E-state index in [1.807, 2.05) is 0 Å². The van der Waals surface area contributed by atoms with Gasteiger partial charge in [0.15, 0.2) is 0 Å². The quantitative estimate of drug-likeness (QED) is 0.415. The largest absolute Gasteiger partial charge is 0.369 e. The van der Waals surface area contributed by atoms with Gasteiger partial charge in [-0.25, -0.2) is 18.0 Å². The number of anilines is 1. The molecule has 2 unspecified atom stereocenters. The molecule has 3 aromatic rings. The van der Waals surface area contributed by atoms with Gasteiger partial charge < -0.3 is 4.90 Å². The third-order valence-corrected chi connectivity index (χ3v) is 9.13. The lowest BCUT2D eigenvalue weighted by molar-refractivity contribution is 0.185. The van der Waals surface area contributed by atoms with Gasteiger partial charge in [0.05, 0.1) is 10.6 Å². The smallest absolute Gasteiger partial charge is 0.234 e. The molecule has 1 aliphatic carbocycles. The van der Waals surface area contributed by atoms with Crippen LogP contribution in [0.1, 0.15) is 37.8 Å². The van der Waals surface area contributed by atoms with Crippen molar-refractivity contribution in [3.63, 3.8) is 0 Å². The first-order valence-electron chi connectivity index (χ1n) is 12.0. The lowest BCUT2D eigenvalue weighted by atomic mass is 9.77. The van der Waals surface area contributed by atoms with Crippen molar-refractivity contribution < 1.29 is 17.5 Å². The van der Waals surface area contributed by atoms with Gasteiger partial charge in [0, 0.05) is 43.3 Å². The summed E-state index contributed by atoms with van der Waals surface area (Å²) in [6, 6.07) is 14.8. The predicted molar refractivity (Wildman–Crippen MR) is 138 cm³/mol. The highest BCUT2D eigenvalue weighted by atomic mass is 32.2. The van der Waals surface area contributed by atoms with Gasteiger partial charge in [-0.15, -0.1) is 11.3 Å². The summed E-state index contributed by atoms with van der Waals surface area (Å²) < 4.78 is 49.7. The van der Waals surface area contributed by atoms with E-state index in [9.17, 15) is 17.5 Å². The van der Waals surface area contributed by atoms with Gasteiger partial charge in [-0.3, -0.25) is 4.55 Å². The summed E-state index contributed by atoms with van der Waals surface area (Å²) in [5.41, 5.74) is 4.04. The molecule has 35 heavy (non-hydrogen) atoms. The van der Waals surface area contributed by atoms with Crippen molar-refractivity contribution in [3.05, 3.63) is 60.0 Å². The molecule has 2 aromatic carbocycles. The fourth-order valence-corrected chi connectivity index (χ4v) is 6.79. The van der Waals surface area contributed by atoms with E-state index in [0.29, 0.717) is 39.0 Å². The molecule has 2 fully saturated rings. The Morgan fingerprint density at radius 1 is 1.00 bits per heavy atom. The van der Waals surface area contributed by atoms with Crippen molar-refractivity contribution in [3.8, 4) is 21.0 Å². The molecule has 1 saturated carbocycles. The fourth-order valence-electron chi connectivity index (χ4n) is 5.17. The van der Waals surface area contributed by atoms with Crippen LogP contribution in [0.3, 0.4) is 0 Å². The van der Waals surface area contributed by atoms with Crippen LogP contribution in [0.5, 0.6) is 0 Å². The Hall–Kier alpha value is -2.20. The van der Waals surface area contributed by atoms with Crippen LogP contribution in [0.15, 0.2) is 48.5 Å². The normalized spacial score (nSPS) is 24.5. The van der Waals surface area contributed by atoms with E-state index in [0.717, 1.165) is 38.8 Å². The number of nitrogens with zero attached hydrogens (tertiary/aromatic N) is 3. The van der Waals surface area contributed by atoms with Gasteiger partial charge in [0.2, 0.25) is 11.3 Å². The van der Waals surface area contributed by atoms with E-state index >= 15 is 0 Å². The summed E-state index contributed by atoms with van der Waals surface area (Å²) in [5.74, 6) is 0.116. The molecule has 4 atom stereocenters. The highest BCUT2D eigenvalue weighted by Gasteiger charge is 2.32. The molecule has 0 amide bonds. The molecule has 1 aliphatic heterocycles. The average Bonchev–Trinajstić information content (AvgIpc) is 3.30. The number of halogens is 2. The van der Waals surface area contributed by atoms with E-state index < -0.39 is 17.4 Å². The third-order valence-electron chi connectivity index (χ3n) is 7.16. The third kappa shape index (κ3) is 5.33. The summed E-state index contributed by atoms with van der Waals surface area (Å²) in [5, 5.41) is 0.849. The van der Waals surface area contributed by atoms with E-state index in [4.69, 9.17) is 4.98 Å². The molecule has 0 spiro atoms. The summed E-state index contributed by atoms with van der Waals surface area (Å²) >= 11 is -0.317. The van der Waals surface area contributed by atoms with Crippen molar-refractivity contribution in [2.24, 2.45) is 5.92 Å². The molecule has 186 valence electrons. The second kappa shape index (κ2) is 10.4. The number of hydrogen-bond acceptors (Lipinski definition) is 4. The minimum atomic E-state index is -1.92. The van der Waals surface area contributed by atoms with Crippen LogP contribution in [0.2, 0.25) is 0 Å². The number of aromatic nitrogens is 1. The number of benzene rings is 2. The average molecular weight is 518 g/mol. The first kappa shape index (κ1) is 24.5. The second-order valence-corrected chi connectivity index (χ2v) is 11.4. The Labute approximate surface area is 211 Å². The van der Waals surface area contributed by atoms with Gasteiger partial charge in [0.25, 0.3) is 0 Å². The summed E-state index contributed by atoms with van der Waals surface area (Å²) in [4.78, 5) is 8.33. The Balaban J connectivity index is 1.45. The summed E-state index contributed by atoms with van der Waals surface area (Å²) in [6.45, 7) is 4.58. The predicted octanol–water partition coefficient (Wildman–Crippen LogP) is 6.12. The van der Waals surface area contributed by atoms with Crippen molar-refractivity contribution in [1.29, 1.82) is 0 Å². The maximum Gasteiger partial charge on any atom is 0.234 e. The molecular weight excluding hydrogens is 488 g/mol. The van der Waals surface area contributed by atoms with Crippen molar-refractivity contribution >= 4 is 28.3 Å². The molecule has 0 radical (unpaired) electrons. The number of rotatable bonds is 5. The fraction of sp³-hybridized carbons (Fsp3) is 0.423. The molecule has 2 heterocycles. The van der Waals surface area contributed by atoms with Crippen LogP contribution in [0.25, 0.3) is 21.0 Å². The number of hydrogen-bond donors (Lipinski definition) is 1. The van der Waals surface area contributed by atoms with E-state index in [2.05, 4.69) is 36.1 Å².